The molecule has 4 heterocycles. The van der Waals surface area contributed by atoms with Gasteiger partial charge in [-0.3, -0.25) is 0 Å². The second kappa shape index (κ2) is 9.80. The molecule has 0 saturated carbocycles. The van der Waals surface area contributed by atoms with E-state index in [2.05, 4.69) is 180 Å². The summed E-state index contributed by atoms with van der Waals surface area (Å²) >= 11 is 0. The minimum Gasteiger partial charge on any atom is -0.354 e. The molecule has 3 nitrogen and oxygen atoms in total. The van der Waals surface area contributed by atoms with Crippen LogP contribution in [0.3, 0.4) is 0 Å². The fraction of sp³-hybridized carbons (Fsp3) is 0.0213. The van der Waals surface area contributed by atoms with Crippen molar-refractivity contribution in [2.45, 2.75) is 6.92 Å². The van der Waals surface area contributed by atoms with Gasteiger partial charge < -0.3 is 14.3 Å². The molecule has 3 aromatic heterocycles. The molecule has 0 atom stereocenters. The first-order valence-electron chi connectivity index (χ1n) is 17.7. The molecule has 0 fully saturated rings. The van der Waals surface area contributed by atoms with Gasteiger partial charge in [0.05, 0.1) is 27.8 Å². The summed E-state index contributed by atoms with van der Waals surface area (Å²) in [5, 5.41) is 14.2. The smallest absolute Gasteiger partial charge is 0.197 e. The van der Waals surface area contributed by atoms with Gasteiger partial charge in [0.15, 0.2) is 7.28 Å². The number of benzene rings is 8. The number of aromatic nitrogens is 2. The van der Waals surface area contributed by atoms with Crippen molar-refractivity contribution in [3.05, 3.63) is 157 Å². The Kier molecular flexibility index (Phi) is 5.25. The number of para-hydroxylation sites is 5. The highest BCUT2D eigenvalue weighted by Gasteiger charge is 2.29. The van der Waals surface area contributed by atoms with Crippen LogP contribution >= 0.6 is 0 Å². The Hall–Kier alpha value is -6.52. The molecular formula is C47H29BN3. The number of hydrogen-bond acceptors (Lipinski definition) is 1. The van der Waals surface area contributed by atoms with Crippen LogP contribution in [0.5, 0.6) is 0 Å². The van der Waals surface area contributed by atoms with E-state index in [-0.39, 0.29) is 0 Å². The molecule has 0 aliphatic carbocycles. The van der Waals surface area contributed by atoms with Crippen LogP contribution in [-0.2, 0) is 0 Å². The molecule has 0 spiro atoms. The van der Waals surface area contributed by atoms with Crippen molar-refractivity contribution in [1.82, 2.24) is 8.97 Å². The largest absolute Gasteiger partial charge is 0.354 e. The first kappa shape index (κ1) is 27.3. The summed E-state index contributed by atoms with van der Waals surface area (Å²) in [7, 11) is 2.43. The zero-order chi connectivity index (χ0) is 33.4. The Morgan fingerprint density at radius 1 is 0.529 bits per heavy atom. The molecule has 0 saturated heterocycles. The minimum absolute atomic E-state index is 1.11. The van der Waals surface area contributed by atoms with Crippen molar-refractivity contribution in [3.63, 3.8) is 0 Å². The average molecular weight is 647 g/mol. The number of nitrogens with zero attached hydrogens (tertiary/aromatic N) is 2. The Morgan fingerprint density at radius 3 is 2.06 bits per heavy atom. The maximum atomic E-state index is 4.06. The summed E-state index contributed by atoms with van der Waals surface area (Å²) < 4.78 is 4.98. The normalized spacial score (nSPS) is 12.6. The molecule has 1 N–H and O–H groups in total. The molecule has 0 unspecified atom stereocenters. The van der Waals surface area contributed by atoms with E-state index in [1.165, 1.54) is 104 Å². The van der Waals surface area contributed by atoms with Crippen molar-refractivity contribution >= 4 is 100 Å². The van der Waals surface area contributed by atoms with Gasteiger partial charge >= 0.3 is 0 Å². The average Bonchev–Trinajstić information content (AvgIpc) is 3.82. The molecule has 0 amide bonds. The molecule has 4 heteroatoms. The van der Waals surface area contributed by atoms with E-state index in [9.17, 15) is 0 Å². The molecule has 8 aromatic carbocycles. The quantitative estimate of drug-likeness (QED) is 0.190. The van der Waals surface area contributed by atoms with Crippen LogP contribution in [0.2, 0.25) is 0 Å². The molecule has 1 radical (unpaired) electrons. The fourth-order valence-electron chi connectivity index (χ4n) is 9.24. The van der Waals surface area contributed by atoms with Crippen LogP contribution < -0.4 is 16.2 Å². The number of anilines is 2. The molecule has 0 bridgehead atoms. The lowest BCUT2D eigenvalue weighted by atomic mass is 9.58. The number of rotatable bonds is 3. The molecule has 1 aliphatic heterocycles. The van der Waals surface area contributed by atoms with Crippen molar-refractivity contribution in [2.24, 2.45) is 0 Å². The highest BCUT2D eigenvalue weighted by atomic mass is 15.0. The van der Waals surface area contributed by atoms with Crippen LogP contribution in [0.1, 0.15) is 5.56 Å². The molecule has 51 heavy (non-hydrogen) atoms. The van der Waals surface area contributed by atoms with E-state index in [4.69, 9.17) is 0 Å². The summed E-state index contributed by atoms with van der Waals surface area (Å²) in [6, 6.07) is 55.9. The van der Waals surface area contributed by atoms with Gasteiger partial charge in [0.25, 0.3) is 0 Å². The van der Waals surface area contributed by atoms with Gasteiger partial charge in [-0.15, -0.1) is 0 Å². The third-order valence-corrected chi connectivity index (χ3v) is 11.4. The Labute approximate surface area is 294 Å². The number of fused-ring (bicyclic) bond motifs is 12. The van der Waals surface area contributed by atoms with Crippen molar-refractivity contribution in [1.29, 1.82) is 0 Å². The SMILES string of the molecule is Cc1ccccc1Nc1c(-c2c3c(cc4ccccc24)-n2c4ccccc4c4cccc(c42)[B]3)ccc2c1c1cccc3c4ccccc4n2c31. The summed E-state index contributed by atoms with van der Waals surface area (Å²) in [6.45, 7) is 2.19. The number of hydrogen-bond donors (Lipinski definition) is 1. The predicted molar refractivity (Wildman–Crippen MR) is 218 cm³/mol. The third kappa shape index (κ3) is 3.49. The highest BCUT2D eigenvalue weighted by molar-refractivity contribution is 6.74. The van der Waals surface area contributed by atoms with Crippen LogP contribution in [0, 0.1) is 6.92 Å². The second-order valence-electron chi connectivity index (χ2n) is 14.0. The predicted octanol–water partition coefficient (Wildman–Crippen LogP) is 10.8. The lowest BCUT2D eigenvalue weighted by Crippen LogP contribution is -2.37. The van der Waals surface area contributed by atoms with Gasteiger partial charge in [0.2, 0.25) is 0 Å². The van der Waals surface area contributed by atoms with Crippen LogP contribution in [0.4, 0.5) is 11.4 Å². The van der Waals surface area contributed by atoms with E-state index < -0.39 is 0 Å². The first-order valence-corrected chi connectivity index (χ1v) is 17.7. The summed E-state index contributed by atoms with van der Waals surface area (Å²) in [4.78, 5) is 0. The fourth-order valence-corrected chi connectivity index (χ4v) is 9.24. The van der Waals surface area contributed by atoms with Gasteiger partial charge in [0.1, 0.15) is 0 Å². The van der Waals surface area contributed by atoms with Crippen LogP contribution in [0.15, 0.2) is 152 Å². The van der Waals surface area contributed by atoms with Gasteiger partial charge in [-0.25, -0.2) is 0 Å². The number of nitrogens with one attached hydrogen (secondary N) is 1. The standard InChI is InChI=1S/C47H29BN3/c1-27-12-2-7-21-37(27)49-45-34(24-25-40-43(45)35-19-10-17-32-30-15-5-8-22-38(30)50(40)46(32)35)42-29-14-4-3-13-28(29)26-41-44(42)48-36-20-11-18-33-31-16-6-9-23-39(31)51(41)47(33)36/h2-26,49H,1H3. The van der Waals surface area contributed by atoms with Crippen molar-refractivity contribution < 1.29 is 0 Å². The number of aryl methyl sites for hydroxylation is 1. The van der Waals surface area contributed by atoms with Gasteiger partial charge in [-0.2, -0.15) is 0 Å². The zero-order valence-electron chi connectivity index (χ0n) is 27.9. The van der Waals surface area contributed by atoms with Crippen LogP contribution in [-0.4, -0.2) is 16.2 Å². The summed E-state index contributed by atoms with van der Waals surface area (Å²) in [5.41, 5.74) is 15.8. The van der Waals surface area contributed by atoms with Gasteiger partial charge in [-0.05, 0) is 64.6 Å². The molecule has 235 valence electrons. The van der Waals surface area contributed by atoms with E-state index in [0.29, 0.717) is 0 Å². The lowest BCUT2D eigenvalue weighted by molar-refractivity contribution is 1.20. The van der Waals surface area contributed by atoms with E-state index in [1.54, 1.807) is 0 Å². The van der Waals surface area contributed by atoms with E-state index in [0.717, 1.165) is 11.4 Å². The van der Waals surface area contributed by atoms with Crippen LogP contribution in [0.25, 0.3) is 87.5 Å². The Bertz CT molecular complexity index is 3270. The molecule has 1 aliphatic rings. The maximum absolute atomic E-state index is 4.06. The monoisotopic (exact) mass is 646 g/mol. The maximum Gasteiger partial charge on any atom is 0.197 e. The highest BCUT2D eigenvalue weighted by Crippen LogP contribution is 2.47. The Morgan fingerprint density at radius 2 is 1.20 bits per heavy atom. The third-order valence-electron chi connectivity index (χ3n) is 11.4. The summed E-state index contributed by atoms with van der Waals surface area (Å²) in [6.07, 6.45) is 0. The minimum atomic E-state index is 1.11. The molecule has 11 aromatic rings. The molecule has 12 rings (SSSR count). The lowest BCUT2D eigenvalue weighted by Gasteiger charge is -2.26. The van der Waals surface area contributed by atoms with Crippen molar-refractivity contribution in [3.8, 4) is 16.8 Å². The van der Waals surface area contributed by atoms with Crippen molar-refractivity contribution in [2.75, 3.05) is 5.32 Å². The van der Waals surface area contributed by atoms with E-state index in [1.807, 2.05) is 0 Å². The van der Waals surface area contributed by atoms with Gasteiger partial charge in [-0.1, -0.05) is 127 Å². The van der Waals surface area contributed by atoms with E-state index >= 15 is 0 Å². The Balaban J connectivity index is 1.26. The van der Waals surface area contributed by atoms with Gasteiger partial charge in [0, 0.05) is 54.8 Å². The molecular weight excluding hydrogens is 617 g/mol. The zero-order valence-corrected chi connectivity index (χ0v) is 27.9. The second-order valence-corrected chi connectivity index (χ2v) is 14.0. The first-order chi connectivity index (χ1) is 25.2. The summed E-state index contributed by atoms with van der Waals surface area (Å²) in [5.74, 6) is 0. The topological polar surface area (TPSA) is 21.4 Å².